The third-order valence-electron chi connectivity index (χ3n) is 6.62. The van der Waals surface area contributed by atoms with E-state index >= 15 is 0 Å². The van der Waals surface area contributed by atoms with Gasteiger partial charge in [-0.15, -0.1) is 10.2 Å². The highest BCUT2D eigenvalue weighted by Gasteiger charge is 2.25. The number of amides is 1. The number of aryl methyl sites for hydroxylation is 1. The summed E-state index contributed by atoms with van der Waals surface area (Å²) in [5.74, 6) is 1.05. The van der Waals surface area contributed by atoms with Crippen molar-refractivity contribution < 1.29 is 9.53 Å². The second-order valence-corrected chi connectivity index (χ2v) is 11.4. The van der Waals surface area contributed by atoms with E-state index in [0.717, 1.165) is 46.2 Å². The summed E-state index contributed by atoms with van der Waals surface area (Å²) in [6.07, 6.45) is 2.52. The number of thioether (sulfide) groups is 1. The van der Waals surface area contributed by atoms with E-state index in [-0.39, 0.29) is 18.1 Å². The number of unbranched alkanes of at least 4 members (excludes halogenated alkanes) is 1. The van der Waals surface area contributed by atoms with Gasteiger partial charge in [-0.05, 0) is 63.4 Å². The van der Waals surface area contributed by atoms with Gasteiger partial charge in [0.1, 0.15) is 5.52 Å². The van der Waals surface area contributed by atoms with Crippen molar-refractivity contribution in [3.63, 3.8) is 0 Å². The van der Waals surface area contributed by atoms with Gasteiger partial charge in [0.2, 0.25) is 11.1 Å². The Morgan fingerprint density at radius 1 is 1.11 bits per heavy atom. The van der Waals surface area contributed by atoms with Crippen molar-refractivity contribution in [3.05, 3.63) is 58.6 Å². The number of halogens is 1. The van der Waals surface area contributed by atoms with Crippen LogP contribution in [0.4, 0.5) is 0 Å². The van der Waals surface area contributed by atoms with Gasteiger partial charge >= 0.3 is 0 Å². The van der Waals surface area contributed by atoms with E-state index in [1.54, 1.807) is 11.8 Å². The van der Waals surface area contributed by atoms with Crippen LogP contribution in [0.15, 0.2) is 47.6 Å². The predicted octanol–water partition coefficient (Wildman–Crippen LogP) is 5.89. The fourth-order valence-corrected chi connectivity index (χ4v) is 5.97. The number of benzene rings is 2. The van der Waals surface area contributed by atoms with Crippen molar-refractivity contribution in [1.82, 2.24) is 24.6 Å². The monoisotopic (exact) mass is 537 g/mol. The van der Waals surface area contributed by atoms with Crippen LogP contribution >= 0.6 is 23.4 Å². The zero-order valence-corrected chi connectivity index (χ0v) is 23.1. The van der Waals surface area contributed by atoms with Crippen molar-refractivity contribution >= 4 is 51.3 Å². The van der Waals surface area contributed by atoms with Gasteiger partial charge in [-0.25, -0.2) is 4.98 Å². The van der Waals surface area contributed by atoms with E-state index in [2.05, 4.69) is 46.0 Å². The summed E-state index contributed by atoms with van der Waals surface area (Å²) in [6.45, 7) is 8.13. The van der Waals surface area contributed by atoms with Crippen LogP contribution in [0.25, 0.3) is 22.1 Å². The molecular formula is C28H32ClN5O2S. The van der Waals surface area contributed by atoms with Gasteiger partial charge in [0, 0.05) is 42.2 Å². The SMILES string of the molecule is Cc1ccc2c(c1)c1nnc(SCCCCC(=O)N3CC(C)OC(C)C3)nc1n2Cc1cccc(Cl)c1. The molecule has 7 nitrogen and oxygen atoms in total. The van der Waals surface area contributed by atoms with Crippen molar-refractivity contribution in [1.29, 1.82) is 0 Å². The van der Waals surface area contributed by atoms with E-state index in [0.29, 0.717) is 36.2 Å². The summed E-state index contributed by atoms with van der Waals surface area (Å²) in [4.78, 5) is 19.5. The van der Waals surface area contributed by atoms with E-state index in [1.165, 1.54) is 5.56 Å². The minimum atomic E-state index is 0.0983. The summed E-state index contributed by atoms with van der Waals surface area (Å²) in [7, 11) is 0. The van der Waals surface area contributed by atoms with Gasteiger partial charge < -0.3 is 14.2 Å². The van der Waals surface area contributed by atoms with Crippen molar-refractivity contribution in [2.45, 2.75) is 63.9 Å². The lowest BCUT2D eigenvalue weighted by Gasteiger charge is -2.35. The molecule has 1 saturated heterocycles. The molecule has 2 unspecified atom stereocenters. The van der Waals surface area contributed by atoms with Crippen LogP contribution in [0, 0.1) is 6.92 Å². The maximum atomic E-state index is 12.6. The van der Waals surface area contributed by atoms with Crippen LogP contribution in [0.1, 0.15) is 44.2 Å². The van der Waals surface area contributed by atoms with Gasteiger partial charge in [0.15, 0.2) is 5.65 Å². The lowest BCUT2D eigenvalue weighted by Crippen LogP contribution is -2.48. The molecule has 1 aliphatic rings. The van der Waals surface area contributed by atoms with E-state index in [9.17, 15) is 4.79 Å². The molecule has 0 spiro atoms. The number of fused-ring (bicyclic) bond motifs is 3. The minimum absolute atomic E-state index is 0.0983. The zero-order valence-electron chi connectivity index (χ0n) is 21.5. The second-order valence-electron chi connectivity index (χ2n) is 9.86. The predicted molar refractivity (Wildman–Crippen MR) is 149 cm³/mol. The molecule has 0 aliphatic carbocycles. The molecule has 37 heavy (non-hydrogen) atoms. The number of carbonyl (C=O) groups excluding carboxylic acids is 1. The lowest BCUT2D eigenvalue weighted by atomic mass is 10.1. The molecule has 9 heteroatoms. The number of rotatable bonds is 8. The van der Waals surface area contributed by atoms with Crippen LogP contribution in [0.2, 0.25) is 5.02 Å². The summed E-state index contributed by atoms with van der Waals surface area (Å²) in [6, 6.07) is 14.3. The van der Waals surface area contributed by atoms with Gasteiger partial charge in [-0.1, -0.05) is 47.1 Å². The Morgan fingerprint density at radius 2 is 1.92 bits per heavy atom. The number of hydrogen-bond acceptors (Lipinski definition) is 6. The molecule has 0 bridgehead atoms. The highest BCUT2D eigenvalue weighted by Crippen LogP contribution is 2.29. The van der Waals surface area contributed by atoms with Crippen LogP contribution in [0.5, 0.6) is 0 Å². The molecule has 1 aliphatic heterocycles. The zero-order chi connectivity index (χ0) is 25.9. The third-order valence-corrected chi connectivity index (χ3v) is 7.78. The second kappa shape index (κ2) is 11.4. The maximum Gasteiger partial charge on any atom is 0.222 e. The van der Waals surface area contributed by atoms with E-state index < -0.39 is 0 Å². The molecule has 2 aromatic heterocycles. The molecule has 0 N–H and O–H groups in total. The van der Waals surface area contributed by atoms with Gasteiger partial charge in [-0.2, -0.15) is 0 Å². The Labute approximate surface area is 226 Å². The molecule has 3 heterocycles. The molecule has 1 fully saturated rings. The Hall–Kier alpha value is -2.68. The first-order valence-electron chi connectivity index (χ1n) is 12.8. The summed E-state index contributed by atoms with van der Waals surface area (Å²) < 4.78 is 7.93. The Balaban J connectivity index is 1.27. The average Bonchev–Trinajstić information content (AvgIpc) is 3.15. The van der Waals surface area contributed by atoms with Crippen LogP contribution in [-0.2, 0) is 16.1 Å². The molecule has 0 radical (unpaired) electrons. The third kappa shape index (κ3) is 6.08. The average molecular weight is 538 g/mol. The topological polar surface area (TPSA) is 73.1 Å². The smallest absolute Gasteiger partial charge is 0.222 e. The molecule has 194 valence electrons. The fraction of sp³-hybridized carbons (Fsp3) is 0.429. The molecule has 2 atom stereocenters. The molecule has 0 saturated carbocycles. The molecule has 5 rings (SSSR count). The first-order chi connectivity index (χ1) is 17.9. The number of hydrogen-bond donors (Lipinski definition) is 0. The number of carbonyl (C=O) groups is 1. The largest absolute Gasteiger partial charge is 0.372 e. The summed E-state index contributed by atoms with van der Waals surface area (Å²) in [5, 5.41) is 11.4. The molecule has 2 aromatic carbocycles. The summed E-state index contributed by atoms with van der Waals surface area (Å²) >= 11 is 7.84. The fourth-order valence-electron chi connectivity index (χ4n) is 4.98. The molecule has 1 amide bonds. The van der Waals surface area contributed by atoms with Gasteiger partial charge in [-0.3, -0.25) is 4.79 Å². The normalized spacial score (nSPS) is 18.1. The quantitative estimate of drug-likeness (QED) is 0.206. The number of aromatic nitrogens is 4. The van der Waals surface area contributed by atoms with Crippen molar-refractivity contribution in [3.8, 4) is 0 Å². The first kappa shape index (κ1) is 25.9. The number of morpholine rings is 1. The number of ether oxygens (including phenoxy) is 1. The van der Waals surface area contributed by atoms with Gasteiger partial charge in [0.05, 0.1) is 17.7 Å². The van der Waals surface area contributed by atoms with Crippen LogP contribution in [0.3, 0.4) is 0 Å². The highest BCUT2D eigenvalue weighted by molar-refractivity contribution is 7.99. The van der Waals surface area contributed by atoms with E-state index in [4.69, 9.17) is 21.3 Å². The Bertz CT molecular complexity index is 1410. The minimum Gasteiger partial charge on any atom is -0.372 e. The van der Waals surface area contributed by atoms with Crippen molar-refractivity contribution in [2.24, 2.45) is 0 Å². The highest BCUT2D eigenvalue weighted by atomic mass is 35.5. The summed E-state index contributed by atoms with van der Waals surface area (Å²) in [5.41, 5.74) is 4.99. The molecular weight excluding hydrogens is 506 g/mol. The van der Waals surface area contributed by atoms with E-state index in [1.807, 2.05) is 36.9 Å². The van der Waals surface area contributed by atoms with Crippen LogP contribution in [-0.4, -0.2) is 61.6 Å². The standard InChI is InChI=1S/C28H32ClN5O2S/c1-18-10-11-24-23(13-18)26-27(34(24)17-21-7-6-8-22(29)14-21)30-28(32-31-26)37-12-5-4-9-25(35)33-15-19(2)36-20(3)16-33/h6-8,10-11,13-14,19-20H,4-5,9,12,15-17H2,1-3H3. The van der Waals surface area contributed by atoms with Crippen LogP contribution < -0.4 is 0 Å². The van der Waals surface area contributed by atoms with Crippen molar-refractivity contribution in [2.75, 3.05) is 18.8 Å². The Kier molecular flexibility index (Phi) is 7.98. The Morgan fingerprint density at radius 3 is 2.70 bits per heavy atom. The van der Waals surface area contributed by atoms with Gasteiger partial charge in [0.25, 0.3) is 0 Å². The number of nitrogens with zero attached hydrogens (tertiary/aromatic N) is 5. The maximum absolute atomic E-state index is 12.6. The first-order valence-corrected chi connectivity index (χ1v) is 14.2. The molecule has 4 aromatic rings. The lowest BCUT2D eigenvalue weighted by molar-refractivity contribution is -0.143.